The maximum Gasteiger partial charge on any atom is 0.153 e. The average Bonchev–Trinajstić information content (AvgIpc) is 2.38. The van der Waals surface area contributed by atoms with Crippen LogP contribution < -0.4 is 5.32 Å². The highest BCUT2D eigenvalue weighted by Crippen LogP contribution is 2.28. The second-order valence-electron chi connectivity index (χ2n) is 4.41. The number of anilines is 1. The molecule has 1 aromatic carbocycles. The van der Waals surface area contributed by atoms with Gasteiger partial charge < -0.3 is 10.2 Å². The lowest BCUT2D eigenvalue weighted by molar-refractivity contribution is -0.104. The fourth-order valence-corrected chi connectivity index (χ4v) is 2.10. The molecule has 0 bridgehead atoms. The molecule has 1 heterocycles. The third-order valence-corrected chi connectivity index (χ3v) is 3.31. The van der Waals surface area contributed by atoms with Gasteiger partial charge in [0.05, 0.1) is 16.3 Å². The van der Waals surface area contributed by atoms with Crippen LogP contribution in [0.2, 0.25) is 5.02 Å². The summed E-state index contributed by atoms with van der Waals surface area (Å²) in [4.78, 5) is 12.9. The molecule has 0 aromatic heterocycles. The predicted octanol–water partition coefficient (Wildman–Crippen LogP) is 3.49. The fourth-order valence-electron chi connectivity index (χ4n) is 1.81. The fraction of sp³-hybridized carbons (Fsp3) is 0.133. The highest BCUT2D eigenvalue weighted by molar-refractivity contribution is 6.33. The summed E-state index contributed by atoms with van der Waals surface area (Å²) in [6.45, 7) is 5.88. The first-order valence-electron chi connectivity index (χ1n) is 5.86. The van der Waals surface area contributed by atoms with Crippen LogP contribution >= 0.6 is 11.6 Å². The Morgan fingerprint density at radius 3 is 2.74 bits per heavy atom. The number of aryl methyl sites for hydroxylation is 1. The zero-order valence-corrected chi connectivity index (χ0v) is 11.7. The number of nitrogens with zero attached hydrogens (tertiary/aromatic N) is 1. The lowest BCUT2D eigenvalue weighted by Gasteiger charge is -2.28. The van der Waals surface area contributed by atoms with Crippen molar-refractivity contribution in [1.29, 1.82) is 0 Å². The van der Waals surface area contributed by atoms with Crippen LogP contribution in [-0.2, 0) is 4.79 Å². The van der Waals surface area contributed by atoms with Gasteiger partial charge >= 0.3 is 0 Å². The van der Waals surface area contributed by atoms with Crippen LogP contribution in [0.3, 0.4) is 0 Å². The molecule has 0 fully saturated rings. The summed E-state index contributed by atoms with van der Waals surface area (Å²) >= 11 is 6.19. The third-order valence-electron chi connectivity index (χ3n) is 3.00. The van der Waals surface area contributed by atoms with E-state index in [2.05, 4.69) is 11.9 Å². The van der Waals surface area contributed by atoms with Gasteiger partial charge in [-0.25, -0.2) is 0 Å². The van der Waals surface area contributed by atoms with Gasteiger partial charge in [-0.05, 0) is 36.8 Å². The molecule has 1 aliphatic heterocycles. The molecule has 0 radical (unpaired) electrons. The molecular formula is C15H15ClN2O. The highest BCUT2D eigenvalue weighted by Gasteiger charge is 2.16. The van der Waals surface area contributed by atoms with E-state index in [-0.39, 0.29) is 0 Å². The molecular weight excluding hydrogens is 260 g/mol. The zero-order valence-electron chi connectivity index (χ0n) is 10.9. The van der Waals surface area contributed by atoms with Gasteiger partial charge in [0.2, 0.25) is 0 Å². The highest BCUT2D eigenvalue weighted by atomic mass is 35.5. The van der Waals surface area contributed by atoms with E-state index in [1.54, 1.807) is 12.2 Å². The topological polar surface area (TPSA) is 32.3 Å². The Morgan fingerprint density at radius 1 is 1.37 bits per heavy atom. The first-order chi connectivity index (χ1) is 9.02. The summed E-state index contributed by atoms with van der Waals surface area (Å²) in [5, 5.41) is 3.80. The Bertz CT molecular complexity index is 602. The van der Waals surface area contributed by atoms with E-state index in [1.807, 2.05) is 37.1 Å². The van der Waals surface area contributed by atoms with Crippen molar-refractivity contribution in [3.63, 3.8) is 0 Å². The third kappa shape index (κ3) is 2.71. The number of carbonyl (C=O) groups excluding carboxylic acids is 1. The molecule has 0 amide bonds. The van der Waals surface area contributed by atoms with Crippen LogP contribution in [0.5, 0.6) is 0 Å². The molecule has 0 spiro atoms. The van der Waals surface area contributed by atoms with Gasteiger partial charge in [0.1, 0.15) is 5.82 Å². The number of carbonyl (C=O) groups is 1. The van der Waals surface area contributed by atoms with Crippen molar-refractivity contribution >= 4 is 23.6 Å². The van der Waals surface area contributed by atoms with Crippen LogP contribution in [0.1, 0.15) is 5.56 Å². The molecule has 0 saturated heterocycles. The van der Waals surface area contributed by atoms with Gasteiger partial charge in [0, 0.05) is 12.7 Å². The van der Waals surface area contributed by atoms with Crippen molar-refractivity contribution < 1.29 is 4.79 Å². The Hall–Kier alpha value is -2.00. The van der Waals surface area contributed by atoms with Gasteiger partial charge in [-0.15, -0.1) is 0 Å². The number of nitrogens with one attached hydrogen (secondary N) is 1. The number of halogens is 1. The summed E-state index contributed by atoms with van der Waals surface area (Å²) in [5.74, 6) is 0.674. The quantitative estimate of drug-likeness (QED) is 0.857. The van der Waals surface area contributed by atoms with Gasteiger partial charge in [0.15, 0.2) is 6.29 Å². The summed E-state index contributed by atoms with van der Waals surface area (Å²) in [6, 6.07) is 5.73. The number of likely N-dealkylation sites (N-methyl/N-ethyl adjacent to an activating group) is 1. The van der Waals surface area contributed by atoms with Gasteiger partial charge in [-0.1, -0.05) is 24.2 Å². The van der Waals surface area contributed by atoms with Crippen LogP contribution in [0.15, 0.2) is 54.0 Å². The molecule has 98 valence electrons. The van der Waals surface area contributed by atoms with Crippen molar-refractivity contribution in [2.75, 3.05) is 12.4 Å². The van der Waals surface area contributed by atoms with Crippen LogP contribution in [0.4, 0.5) is 5.69 Å². The molecule has 3 nitrogen and oxygen atoms in total. The first kappa shape index (κ1) is 13.4. The summed E-state index contributed by atoms with van der Waals surface area (Å²) in [6.07, 6.45) is 4.34. The Kier molecular flexibility index (Phi) is 3.76. The van der Waals surface area contributed by atoms with Crippen molar-refractivity contribution in [3.05, 3.63) is 64.6 Å². The molecule has 1 N–H and O–H groups in total. The lowest BCUT2D eigenvalue weighted by atomic mass is 10.1. The molecule has 0 atom stereocenters. The normalized spacial score (nSPS) is 14.9. The summed E-state index contributed by atoms with van der Waals surface area (Å²) in [5.41, 5.74) is 3.21. The van der Waals surface area contributed by atoms with Crippen LogP contribution in [-0.4, -0.2) is 18.2 Å². The number of allylic oxidation sites excluding steroid dienone is 3. The Balaban J connectivity index is 2.39. The number of hydrogen-bond donors (Lipinski definition) is 1. The van der Waals surface area contributed by atoms with Gasteiger partial charge in [-0.3, -0.25) is 4.79 Å². The number of rotatable bonds is 3. The summed E-state index contributed by atoms with van der Waals surface area (Å²) in [7, 11) is 1.85. The number of aldehydes is 1. The van der Waals surface area contributed by atoms with E-state index >= 15 is 0 Å². The SMILES string of the molecule is C=C1C=CC(C=O)=C(Nc2ccc(C)cc2Cl)N1C. The van der Waals surface area contributed by atoms with Crippen molar-refractivity contribution in [2.24, 2.45) is 0 Å². The maximum atomic E-state index is 11.1. The smallest absolute Gasteiger partial charge is 0.153 e. The van der Waals surface area contributed by atoms with Crippen LogP contribution in [0.25, 0.3) is 0 Å². The second kappa shape index (κ2) is 5.33. The second-order valence-corrected chi connectivity index (χ2v) is 4.82. The van der Waals surface area contributed by atoms with E-state index in [1.165, 1.54) is 0 Å². The van der Waals surface area contributed by atoms with E-state index < -0.39 is 0 Å². The molecule has 0 aliphatic carbocycles. The zero-order chi connectivity index (χ0) is 14.0. The lowest BCUT2D eigenvalue weighted by Crippen LogP contribution is -2.25. The van der Waals surface area contributed by atoms with Crippen molar-refractivity contribution in [1.82, 2.24) is 4.90 Å². The predicted molar refractivity (Wildman–Crippen MR) is 78.9 cm³/mol. The monoisotopic (exact) mass is 274 g/mol. The van der Waals surface area contributed by atoms with E-state index in [0.717, 1.165) is 23.2 Å². The van der Waals surface area contributed by atoms with Crippen molar-refractivity contribution in [2.45, 2.75) is 6.92 Å². The van der Waals surface area contributed by atoms with Crippen molar-refractivity contribution in [3.8, 4) is 0 Å². The summed E-state index contributed by atoms with van der Waals surface area (Å²) < 4.78 is 0. The minimum atomic E-state index is 0.562. The Morgan fingerprint density at radius 2 is 2.11 bits per heavy atom. The molecule has 0 unspecified atom stereocenters. The standard InChI is InChI=1S/C15H15ClN2O/c1-10-4-7-14(13(16)8-10)17-15-12(9-19)6-5-11(2)18(15)3/h4-9,17H,2H2,1,3H3. The molecule has 4 heteroatoms. The van der Waals surface area contributed by atoms with E-state index in [0.29, 0.717) is 16.4 Å². The minimum absolute atomic E-state index is 0.562. The van der Waals surface area contributed by atoms with E-state index in [9.17, 15) is 4.79 Å². The average molecular weight is 275 g/mol. The number of benzene rings is 1. The molecule has 19 heavy (non-hydrogen) atoms. The van der Waals surface area contributed by atoms with Crippen LogP contribution in [0, 0.1) is 6.92 Å². The molecule has 0 saturated carbocycles. The largest absolute Gasteiger partial charge is 0.340 e. The molecule has 1 aliphatic rings. The minimum Gasteiger partial charge on any atom is -0.340 e. The molecule has 2 rings (SSSR count). The van der Waals surface area contributed by atoms with Gasteiger partial charge in [-0.2, -0.15) is 0 Å². The van der Waals surface area contributed by atoms with E-state index in [4.69, 9.17) is 11.6 Å². The number of hydrogen-bond acceptors (Lipinski definition) is 3. The Labute approximate surface area is 117 Å². The molecule has 1 aromatic rings. The maximum absolute atomic E-state index is 11.1. The van der Waals surface area contributed by atoms with Gasteiger partial charge in [0.25, 0.3) is 0 Å². The first-order valence-corrected chi connectivity index (χ1v) is 6.24.